The van der Waals surface area contributed by atoms with Gasteiger partial charge in [0, 0.05) is 17.6 Å². The van der Waals surface area contributed by atoms with Crippen LogP contribution in [0.1, 0.15) is 28.0 Å². The van der Waals surface area contributed by atoms with E-state index in [1.165, 1.54) is 4.88 Å². The molecule has 0 spiro atoms. The van der Waals surface area contributed by atoms with Gasteiger partial charge in [0.1, 0.15) is 11.1 Å². The lowest BCUT2D eigenvalue weighted by Crippen LogP contribution is -2.30. The van der Waals surface area contributed by atoms with Crippen LogP contribution in [0.15, 0.2) is 12.4 Å². The molecule has 6 nitrogen and oxygen atoms in total. The SMILES string of the molecule is Cc1cnn(CCNCC(=O)Nc2sc3c(c2C#N)CCC3)c1. The monoisotopic (exact) mass is 329 g/mol. The Hall–Kier alpha value is -2.17. The summed E-state index contributed by atoms with van der Waals surface area (Å²) in [6.45, 7) is 3.61. The van der Waals surface area contributed by atoms with Gasteiger partial charge in [0.15, 0.2) is 0 Å². The maximum Gasteiger partial charge on any atom is 0.238 e. The molecule has 2 heterocycles. The number of nitriles is 1. The Balaban J connectivity index is 1.47. The van der Waals surface area contributed by atoms with Crippen molar-refractivity contribution in [2.75, 3.05) is 18.4 Å². The topological polar surface area (TPSA) is 82.7 Å². The quantitative estimate of drug-likeness (QED) is 0.792. The van der Waals surface area contributed by atoms with E-state index in [9.17, 15) is 10.1 Å². The minimum atomic E-state index is -0.113. The molecule has 0 fully saturated rings. The minimum Gasteiger partial charge on any atom is -0.315 e. The Bertz CT molecular complexity index is 755. The number of aryl methyl sites for hydroxylation is 2. The van der Waals surface area contributed by atoms with Crippen molar-refractivity contribution in [3.63, 3.8) is 0 Å². The summed E-state index contributed by atoms with van der Waals surface area (Å²) in [4.78, 5) is 13.3. The Morgan fingerprint density at radius 3 is 3.13 bits per heavy atom. The van der Waals surface area contributed by atoms with Crippen molar-refractivity contribution in [1.82, 2.24) is 15.1 Å². The van der Waals surface area contributed by atoms with Gasteiger partial charge in [-0.05, 0) is 37.3 Å². The third kappa shape index (κ3) is 3.60. The second-order valence-corrected chi connectivity index (χ2v) is 6.78. The zero-order valence-electron chi connectivity index (χ0n) is 13.1. The smallest absolute Gasteiger partial charge is 0.238 e. The van der Waals surface area contributed by atoms with Crippen LogP contribution >= 0.6 is 11.3 Å². The van der Waals surface area contributed by atoms with Gasteiger partial charge in [-0.3, -0.25) is 9.48 Å². The summed E-state index contributed by atoms with van der Waals surface area (Å²) >= 11 is 1.54. The van der Waals surface area contributed by atoms with Gasteiger partial charge >= 0.3 is 0 Å². The number of nitrogens with one attached hydrogen (secondary N) is 2. The van der Waals surface area contributed by atoms with Crippen molar-refractivity contribution in [3.05, 3.63) is 34.0 Å². The minimum absolute atomic E-state index is 0.113. The summed E-state index contributed by atoms with van der Waals surface area (Å²) in [5.74, 6) is -0.113. The zero-order chi connectivity index (χ0) is 16.2. The van der Waals surface area contributed by atoms with Gasteiger partial charge in [0.2, 0.25) is 5.91 Å². The van der Waals surface area contributed by atoms with E-state index < -0.39 is 0 Å². The number of nitrogens with zero attached hydrogens (tertiary/aromatic N) is 3. The van der Waals surface area contributed by atoms with Crippen molar-refractivity contribution >= 4 is 22.2 Å². The number of aromatic nitrogens is 2. The average molecular weight is 329 g/mol. The molecule has 7 heteroatoms. The van der Waals surface area contributed by atoms with Gasteiger partial charge in [0.25, 0.3) is 0 Å². The van der Waals surface area contributed by atoms with Crippen molar-refractivity contribution in [2.45, 2.75) is 32.7 Å². The number of rotatable bonds is 6. The van der Waals surface area contributed by atoms with Gasteiger partial charge in [-0.25, -0.2) is 0 Å². The number of amides is 1. The molecule has 0 aromatic carbocycles. The van der Waals surface area contributed by atoms with E-state index in [4.69, 9.17) is 0 Å². The first kappa shape index (κ1) is 15.7. The van der Waals surface area contributed by atoms with E-state index in [1.807, 2.05) is 24.0 Å². The highest BCUT2D eigenvalue weighted by atomic mass is 32.1. The zero-order valence-corrected chi connectivity index (χ0v) is 13.9. The number of anilines is 1. The van der Waals surface area contributed by atoms with Crippen molar-refractivity contribution in [2.24, 2.45) is 0 Å². The van der Waals surface area contributed by atoms with Gasteiger partial charge < -0.3 is 10.6 Å². The van der Waals surface area contributed by atoms with Crippen molar-refractivity contribution in [1.29, 1.82) is 5.26 Å². The summed E-state index contributed by atoms with van der Waals surface area (Å²) in [5.41, 5.74) is 2.91. The number of hydrogen-bond acceptors (Lipinski definition) is 5. The summed E-state index contributed by atoms with van der Waals surface area (Å²) in [6.07, 6.45) is 6.86. The van der Waals surface area contributed by atoms with Gasteiger partial charge in [-0.15, -0.1) is 11.3 Å². The van der Waals surface area contributed by atoms with Crippen LogP contribution in [0.3, 0.4) is 0 Å². The van der Waals surface area contributed by atoms with Gasteiger partial charge in [-0.2, -0.15) is 10.4 Å². The molecular weight excluding hydrogens is 310 g/mol. The number of fused-ring (bicyclic) bond motifs is 1. The fourth-order valence-electron chi connectivity index (χ4n) is 2.77. The molecule has 1 aliphatic carbocycles. The lowest BCUT2D eigenvalue weighted by atomic mass is 10.1. The summed E-state index contributed by atoms with van der Waals surface area (Å²) in [6, 6.07) is 2.24. The molecule has 0 bridgehead atoms. The van der Waals surface area contributed by atoms with Gasteiger partial charge in [-0.1, -0.05) is 0 Å². The summed E-state index contributed by atoms with van der Waals surface area (Å²) in [5, 5.41) is 20.2. The molecule has 2 N–H and O–H groups in total. The lowest BCUT2D eigenvalue weighted by Gasteiger charge is -2.06. The molecular formula is C16H19N5OS. The summed E-state index contributed by atoms with van der Waals surface area (Å²) in [7, 11) is 0. The largest absolute Gasteiger partial charge is 0.315 e. The van der Waals surface area contributed by atoms with Crippen LogP contribution in [0.5, 0.6) is 0 Å². The lowest BCUT2D eigenvalue weighted by molar-refractivity contribution is -0.115. The predicted octanol–water partition coefficient (Wildman–Crippen LogP) is 1.84. The van der Waals surface area contributed by atoms with E-state index in [1.54, 1.807) is 11.3 Å². The normalized spacial score (nSPS) is 12.9. The number of thiophene rings is 1. The molecule has 0 aliphatic heterocycles. The maximum atomic E-state index is 12.0. The number of hydrogen-bond donors (Lipinski definition) is 2. The van der Waals surface area contributed by atoms with Crippen LogP contribution in [-0.2, 0) is 24.2 Å². The molecule has 23 heavy (non-hydrogen) atoms. The molecule has 0 atom stereocenters. The molecule has 0 unspecified atom stereocenters. The fraction of sp³-hybridized carbons (Fsp3) is 0.438. The Morgan fingerprint density at radius 2 is 2.39 bits per heavy atom. The Labute approximate surface area is 139 Å². The predicted molar refractivity (Wildman–Crippen MR) is 89.5 cm³/mol. The molecule has 0 saturated heterocycles. The van der Waals surface area contributed by atoms with E-state index in [2.05, 4.69) is 21.8 Å². The first-order valence-corrected chi connectivity index (χ1v) is 8.53. The first-order valence-electron chi connectivity index (χ1n) is 7.71. The molecule has 0 saturated carbocycles. The molecule has 2 aromatic heterocycles. The van der Waals surface area contributed by atoms with Crippen molar-refractivity contribution in [3.8, 4) is 6.07 Å². The standard InChI is InChI=1S/C16H19N5OS/c1-11-8-19-21(10-11)6-5-18-9-15(22)20-16-13(7-17)12-3-2-4-14(12)23-16/h8,10,18H,2-6,9H2,1H3,(H,20,22). The average Bonchev–Trinajstić information content (AvgIpc) is 3.20. The van der Waals surface area contributed by atoms with Crippen LogP contribution < -0.4 is 10.6 Å². The van der Waals surface area contributed by atoms with Crippen LogP contribution in [0.4, 0.5) is 5.00 Å². The second-order valence-electron chi connectivity index (χ2n) is 5.68. The molecule has 2 aromatic rings. The highest BCUT2D eigenvalue weighted by Crippen LogP contribution is 2.38. The third-order valence-corrected chi connectivity index (χ3v) is 5.06. The highest BCUT2D eigenvalue weighted by Gasteiger charge is 2.22. The molecule has 0 radical (unpaired) electrons. The van der Waals surface area contributed by atoms with E-state index in [0.29, 0.717) is 17.1 Å². The van der Waals surface area contributed by atoms with Crippen molar-refractivity contribution < 1.29 is 4.79 Å². The number of carbonyl (C=O) groups is 1. The van der Waals surface area contributed by atoms with Gasteiger partial charge in [0.05, 0.1) is 24.8 Å². The summed E-state index contributed by atoms with van der Waals surface area (Å²) < 4.78 is 1.85. The molecule has 1 amide bonds. The third-order valence-electron chi connectivity index (χ3n) is 3.85. The second kappa shape index (κ2) is 6.94. The van der Waals surface area contributed by atoms with Crippen LogP contribution in [0, 0.1) is 18.3 Å². The number of carbonyl (C=O) groups excluding carboxylic acids is 1. The van der Waals surface area contributed by atoms with Crippen LogP contribution in [0.25, 0.3) is 0 Å². The molecule has 120 valence electrons. The first-order chi connectivity index (χ1) is 11.2. The van der Waals surface area contributed by atoms with E-state index >= 15 is 0 Å². The Kier molecular flexibility index (Phi) is 4.74. The van der Waals surface area contributed by atoms with E-state index in [0.717, 1.165) is 36.9 Å². The van der Waals surface area contributed by atoms with E-state index in [-0.39, 0.29) is 12.5 Å². The van der Waals surface area contributed by atoms with Crippen LogP contribution in [-0.4, -0.2) is 28.8 Å². The molecule has 1 aliphatic rings. The maximum absolute atomic E-state index is 12.0. The fourth-order valence-corrected chi connectivity index (χ4v) is 4.02. The highest BCUT2D eigenvalue weighted by molar-refractivity contribution is 7.16. The molecule has 3 rings (SSSR count). The Morgan fingerprint density at radius 1 is 1.52 bits per heavy atom. The van der Waals surface area contributed by atoms with Crippen LogP contribution in [0.2, 0.25) is 0 Å².